The summed E-state index contributed by atoms with van der Waals surface area (Å²) < 4.78 is 5.62. The lowest BCUT2D eigenvalue weighted by Crippen LogP contribution is -2.31. The molecule has 8 heteroatoms. The SMILES string of the molecule is CN1C(=O)C(=O)N(c2ccc(Oc3ccc(Cl)cc3)c(Cl)c2)C1=O. The highest BCUT2D eigenvalue weighted by molar-refractivity contribution is 6.52. The molecule has 0 N–H and O–H groups in total. The maximum Gasteiger partial charge on any atom is 0.338 e. The van der Waals surface area contributed by atoms with Crippen LogP contribution in [0.5, 0.6) is 11.5 Å². The lowest BCUT2D eigenvalue weighted by atomic mass is 10.2. The van der Waals surface area contributed by atoms with Gasteiger partial charge in [0, 0.05) is 12.1 Å². The third-order valence-electron chi connectivity index (χ3n) is 3.38. The van der Waals surface area contributed by atoms with E-state index in [0.717, 1.165) is 9.80 Å². The Morgan fingerprint density at radius 1 is 0.917 bits per heavy atom. The van der Waals surface area contributed by atoms with Crippen LogP contribution in [-0.4, -0.2) is 29.8 Å². The Labute approximate surface area is 147 Å². The summed E-state index contributed by atoms with van der Waals surface area (Å²) >= 11 is 12.0. The molecule has 1 fully saturated rings. The molecule has 0 spiro atoms. The summed E-state index contributed by atoms with van der Waals surface area (Å²) in [5, 5.41) is 0.758. The molecule has 1 aliphatic heterocycles. The molecular weight excluding hydrogens is 355 g/mol. The lowest BCUT2D eigenvalue weighted by molar-refractivity contribution is -0.138. The van der Waals surface area contributed by atoms with Crippen LogP contribution in [0.4, 0.5) is 10.5 Å². The lowest BCUT2D eigenvalue weighted by Gasteiger charge is -2.15. The van der Waals surface area contributed by atoms with E-state index in [1.54, 1.807) is 24.3 Å². The Morgan fingerprint density at radius 3 is 2.12 bits per heavy atom. The fraction of sp³-hybridized carbons (Fsp3) is 0.0625. The number of benzene rings is 2. The Morgan fingerprint density at radius 2 is 1.58 bits per heavy atom. The number of amides is 4. The predicted molar refractivity (Wildman–Crippen MR) is 88.6 cm³/mol. The van der Waals surface area contributed by atoms with Gasteiger partial charge in [0.25, 0.3) is 0 Å². The molecule has 1 aliphatic rings. The number of nitrogens with zero attached hydrogens (tertiary/aromatic N) is 2. The molecule has 1 heterocycles. The zero-order valence-electron chi connectivity index (χ0n) is 12.3. The van der Waals surface area contributed by atoms with Crippen molar-refractivity contribution in [3.8, 4) is 11.5 Å². The number of carbonyl (C=O) groups is 3. The topological polar surface area (TPSA) is 66.9 Å². The number of halogens is 2. The average Bonchev–Trinajstić information content (AvgIpc) is 2.75. The zero-order valence-corrected chi connectivity index (χ0v) is 13.8. The smallest absolute Gasteiger partial charge is 0.338 e. The summed E-state index contributed by atoms with van der Waals surface area (Å²) in [6, 6.07) is 10.3. The molecule has 0 radical (unpaired) electrons. The number of anilines is 1. The van der Waals surface area contributed by atoms with Crippen molar-refractivity contribution in [2.24, 2.45) is 0 Å². The summed E-state index contributed by atoms with van der Waals surface area (Å²) in [6.45, 7) is 0. The van der Waals surface area contributed by atoms with Gasteiger partial charge in [0.1, 0.15) is 11.5 Å². The second-order valence-corrected chi connectivity index (χ2v) is 5.80. The van der Waals surface area contributed by atoms with Gasteiger partial charge in [-0.25, -0.2) is 9.69 Å². The van der Waals surface area contributed by atoms with Crippen molar-refractivity contribution in [3.63, 3.8) is 0 Å². The molecule has 0 aromatic heterocycles. The Kier molecular flexibility index (Phi) is 4.17. The van der Waals surface area contributed by atoms with Crippen molar-refractivity contribution in [1.29, 1.82) is 0 Å². The summed E-state index contributed by atoms with van der Waals surface area (Å²) in [6.07, 6.45) is 0. The number of carbonyl (C=O) groups excluding carboxylic acids is 3. The van der Waals surface area contributed by atoms with Gasteiger partial charge in [-0.05, 0) is 42.5 Å². The van der Waals surface area contributed by atoms with E-state index in [4.69, 9.17) is 27.9 Å². The number of likely N-dealkylation sites (N-methyl/N-ethyl adjacent to an activating group) is 1. The second-order valence-electron chi connectivity index (χ2n) is 4.96. The monoisotopic (exact) mass is 364 g/mol. The fourth-order valence-corrected chi connectivity index (χ4v) is 2.47. The molecule has 3 rings (SSSR count). The fourth-order valence-electron chi connectivity index (χ4n) is 2.13. The van der Waals surface area contributed by atoms with E-state index in [1.165, 1.54) is 25.2 Å². The van der Waals surface area contributed by atoms with Crippen LogP contribution >= 0.6 is 23.2 Å². The number of hydrogen-bond acceptors (Lipinski definition) is 4. The number of hydrogen-bond donors (Lipinski definition) is 0. The summed E-state index contributed by atoms with van der Waals surface area (Å²) in [5.41, 5.74) is 0.191. The standard InChI is InChI=1S/C16H10Cl2N2O4/c1-19-14(21)15(22)20(16(19)23)10-4-7-13(12(18)8-10)24-11-5-2-9(17)3-6-11/h2-8H,1H3. The van der Waals surface area contributed by atoms with Crippen molar-refractivity contribution >= 4 is 46.7 Å². The first kappa shape index (κ1) is 16.3. The first-order chi connectivity index (χ1) is 11.4. The predicted octanol–water partition coefficient (Wildman–Crippen LogP) is 3.71. The maximum atomic E-state index is 12.0. The minimum atomic E-state index is -0.926. The number of imide groups is 2. The molecule has 0 unspecified atom stereocenters. The average molecular weight is 365 g/mol. The van der Waals surface area contributed by atoms with Crippen LogP contribution in [0.3, 0.4) is 0 Å². The highest BCUT2D eigenvalue weighted by Crippen LogP contribution is 2.34. The van der Waals surface area contributed by atoms with E-state index >= 15 is 0 Å². The molecule has 2 aromatic rings. The van der Waals surface area contributed by atoms with Crippen LogP contribution in [0.1, 0.15) is 0 Å². The van der Waals surface area contributed by atoms with Gasteiger partial charge in [-0.3, -0.25) is 14.5 Å². The summed E-state index contributed by atoms with van der Waals surface area (Å²) in [4.78, 5) is 36.9. The van der Waals surface area contributed by atoms with E-state index in [2.05, 4.69) is 0 Å². The van der Waals surface area contributed by atoms with Gasteiger partial charge >= 0.3 is 17.8 Å². The van der Waals surface area contributed by atoms with Crippen molar-refractivity contribution < 1.29 is 19.1 Å². The normalized spacial score (nSPS) is 14.5. The number of ether oxygens (including phenoxy) is 1. The van der Waals surface area contributed by atoms with Crippen molar-refractivity contribution in [2.45, 2.75) is 0 Å². The van der Waals surface area contributed by atoms with E-state index in [0.29, 0.717) is 16.5 Å². The zero-order chi connectivity index (χ0) is 17.4. The molecule has 2 aromatic carbocycles. The van der Waals surface area contributed by atoms with E-state index in [1.807, 2.05) is 0 Å². The Balaban J connectivity index is 1.87. The van der Waals surface area contributed by atoms with Gasteiger partial charge < -0.3 is 4.74 Å². The molecular formula is C16H10Cl2N2O4. The summed E-state index contributed by atoms with van der Waals surface area (Å²) in [5.74, 6) is -0.957. The van der Waals surface area contributed by atoms with Crippen LogP contribution in [-0.2, 0) is 9.59 Å². The van der Waals surface area contributed by atoms with Crippen LogP contribution in [0, 0.1) is 0 Å². The molecule has 0 bridgehead atoms. The highest BCUT2D eigenvalue weighted by atomic mass is 35.5. The number of rotatable bonds is 3. The third kappa shape index (κ3) is 2.81. The molecule has 6 nitrogen and oxygen atoms in total. The van der Waals surface area contributed by atoms with Crippen molar-refractivity contribution in [3.05, 3.63) is 52.5 Å². The van der Waals surface area contributed by atoms with Gasteiger partial charge in [-0.2, -0.15) is 0 Å². The van der Waals surface area contributed by atoms with Crippen LogP contribution in [0.25, 0.3) is 0 Å². The van der Waals surface area contributed by atoms with Gasteiger partial charge in [-0.15, -0.1) is 0 Å². The molecule has 4 amide bonds. The summed E-state index contributed by atoms with van der Waals surface area (Å²) in [7, 11) is 1.24. The van der Waals surface area contributed by atoms with Crippen LogP contribution < -0.4 is 9.64 Å². The molecule has 0 aliphatic carbocycles. The quantitative estimate of drug-likeness (QED) is 0.614. The first-order valence-electron chi connectivity index (χ1n) is 6.77. The van der Waals surface area contributed by atoms with Crippen LogP contribution in [0.2, 0.25) is 10.0 Å². The Hall–Kier alpha value is -2.57. The maximum absolute atomic E-state index is 12.0. The third-order valence-corrected chi connectivity index (χ3v) is 3.93. The van der Waals surface area contributed by atoms with Gasteiger partial charge in [0.2, 0.25) is 0 Å². The molecule has 0 saturated carbocycles. The van der Waals surface area contributed by atoms with Crippen molar-refractivity contribution in [1.82, 2.24) is 4.90 Å². The molecule has 0 atom stereocenters. The Bertz CT molecular complexity index is 852. The van der Waals surface area contributed by atoms with E-state index in [-0.39, 0.29) is 10.7 Å². The van der Waals surface area contributed by atoms with Crippen LogP contribution in [0.15, 0.2) is 42.5 Å². The largest absolute Gasteiger partial charge is 0.456 e. The minimum absolute atomic E-state index is 0.185. The molecule has 1 saturated heterocycles. The van der Waals surface area contributed by atoms with Gasteiger partial charge in [-0.1, -0.05) is 23.2 Å². The van der Waals surface area contributed by atoms with E-state index in [9.17, 15) is 14.4 Å². The molecule has 24 heavy (non-hydrogen) atoms. The second kappa shape index (κ2) is 6.14. The van der Waals surface area contributed by atoms with Gasteiger partial charge in [0.15, 0.2) is 0 Å². The number of urea groups is 1. The minimum Gasteiger partial charge on any atom is -0.456 e. The van der Waals surface area contributed by atoms with Crippen molar-refractivity contribution in [2.75, 3.05) is 11.9 Å². The molecule has 122 valence electrons. The highest BCUT2D eigenvalue weighted by Gasteiger charge is 2.43. The van der Waals surface area contributed by atoms with E-state index < -0.39 is 17.8 Å². The van der Waals surface area contributed by atoms with Gasteiger partial charge in [0.05, 0.1) is 10.7 Å². The first-order valence-corrected chi connectivity index (χ1v) is 7.53.